The molecule has 7 heteroatoms. The van der Waals surface area contributed by atoms with Crippen molar-refractivity contribution in [2.24, 2.45) is 5.73 Å². The minimum Gasteiger partial charge on any atom is -0.466 e. The van der Waals surface area contributed by atoms with Crippen molar-refractivity contribution in [1.29, 1.82) is 0 Å². The summed E-state index contributed by atoms with van der Waals surface area (Å²) >= 11 is 0. The van der Waals surface area contributed by atoms with E-state index in [1.807, 2.05) is 0 Å². The number of hydrogen-bond acceptors (Lipinski definition) is 5. The number of ether oxygens (including phenoxy) is 1. The minimum absolute atomic E-state index is 0.0121. The molecule has 0 spiro atoms. The van der Waals surface area contributed by atoms with Gasteiger partial charge in [0.2, 0.25) is 0 Å². The lowest BCUT2D eigenvalue weighted by Gasteiger charge is -2.13. The van der Waals surface area contributed by atoms with Gasteiger partial charge in [0, 0.05) is 24.0 Å². The van der Waals surface area contributed by atoms with Gasteiger partial charge in [-0.1, -0.05) is 0 Å². The minimum atomic E-state index is -2.81. The molecule has 4 N–H and O–H groups in total. The van der Waals surface area contributed by atoms with Crippen molar-refractivity contribution < 1.29 is 18.3 Å². The smallest absolute Gasteiger partial charge is 0.311 e. The van der Waals surface area contributed by atoms with Crippen LogP contribution in [0, 0.1) is 0 Å². The van der Waals surface area contributed by atoms with Crippen LogP contribution in [-0.4, -0.2) is 17.6 Å². The molecule has 0 aliphatic carbocycles. The second-order valence-corrected chi connectivity index (χ2v) is 3.54. The van der Waals surface area contributed by atoms with Gasteiger partial charge >= 0.3 is 5.97 Å². The summed E-state index contributed by atoms with van der Waals surface area (Å²) in [7, 11) is 0. The molecule has 1 aromatic rings. The first-order chi connectivity index (χ1) is 8.51. The predicted molar refractivity (Wildman–Crippen MR) is 61.8 cm³/mol. The average Bonchev–Trinajstić information content (AvgIpc) is 2.29. The molecule has 0 aliphatic heterocycles. The van der Waals surface area contributed by atoms with Crippen LogP contribution < -0.4 is 11.5 Å². The molecule has 0 fully saturated rings. The van der Waals surface area contributed by atoms with E-state index in [0.717, 1.165) is 0 Å². The van der Waals surface area contributed by atoms with E-state index in [1.165, 1.54) is 6.20 Å². The van der Waals surface area contributed by atoms with E-state index in [0.29, 0.717) is 5.56 Å². The van der Waals surface area contributed by atoms with Gasteiger partial charge in [-0.15, -0.1) is 0 Å². The van der Waals surface area contributed by atoms with Crippen LogP contribution in [0.2, 0.25) is 0 Å². The predicted octanol–water partition coefficient (Wildman–Crippen LogP) is 1.17. The van der Waals surface area contributed by atoms with E-state index in [9.17, 15) is 13.6 Å². The fraction of sp³-hybridized carbons (Fsp3) is 0.455. The van der Waals surface area contributed by atoms with Gasteiger partial charge in [0.05, 0.1) is 24.3 Å². The zero-order chi connectivity index (χ0) is 13.7. The van der Waals surface area contributed by atoms with Gasteiger partial charge in [-0.2, -0.15) is 0 Å². The Morgan fingerprint density at radius 3 is 2.72 bits per heavy atom. The van der Waals surface area contributed by atoms with Crippen molar-refractivity contribution >= 4 is 11.7 Å². The van der Waals surface area contributed by atoms with Gasteiger partial charge in [-0.3, -0.25) is 9.78 Å². The van der Waals surface area contributed by atoms with E-state index < -0.39 is 18.0 Å². The van der Waals surface area contributed by atoms with Crippen molar-refractivity contribution in [3.8, 4) is 0 Å². The fourth-order valence-electron chi connectivity index (χ4n) is 1.52. The van der Waals surface area contributed by atoms with Crippen molar-refractivity contribution in [3.05, 3.63) is 23.0 Å². The van der Waals surface area contributed by atoms with E-state index in [4.69, 9.17) is 11.5 Å². The average molecular weight is 259 g/mol. The highest BCUT2D eigenvalue weighted by atomic mass is 19.3. The highest BCUT2D eigenvalue weighted by molar-refractivity contribution is 5.73. The summed E-state index contributed by atoms with van der Waals surface area (Å²) in [4.78, 5) is 15.1. The first-order valence-electron chi connectivity index (χ1n) is 5.41. The van der Waals surface area contributed by atoms with Crippen molar-refractivity contribution in [2.45, 2.75) is 26.3 Å². The molecule has 1 aromatic heterocycles. The van der Waals surface area contributed by atoms with Crippen molar-refractivity contribution in [2.75, 3.05) is 12.3 Å². The molecule has 0 aliphatic rings. The van der Waals surface area contributed by atoms with Gasteiger partial charge in [0.25, 0.3) is 6.43 Å². The number of alkyl halides is 2. The van der Waals surface area contributed by atoms with Crippen LogP contribution in [0.5, 0.6) is 0 Å². The number of nitrogen functional groups attached to an aromatic ring is 1. The standard InChI is InChI=1S/C11H15F2N3O2/c1-2-18-8(17)3-7-9(11(12)13)10(15)6(4-14)5-16-7/h5,11H,2-4,14H2,1H3,(H2,15,16). The zero-order valence-electron chi connectivity index (χ0n) is 9.95. The van der Waals surface area contributed by atoms with Gasteiger partial charge in [0.1, 0.15) is 0 Å². The Labute approximate surface area is 103 Å². The lowest BCUT2D eigenvalue weighted by molar-refractivity contribution is -0.142. The summed E-state index contributed by atoms with van der Waals surface area (Å²) in [6, 6.07) is 0. The van der Waals surface area contributed by atoms with Crippen molar-refractivity contribution in [3.63, 3.8) is 0 Å². The van der Waals surface area contributed by atoms with E-state index in [1.54, 1.807) is 6.92 Å². The molecule has 18 heavy (non-hydrogen) atoms. The number of carbonyl (C=O) groups is 1. The van der Waals surface area contributed by atoms with Gasteiger partial charge in [-0.05, 0) is 6.92 Å². The maximum atomic E-state index is 12.9. The highest BCUT2D eigenvalue weighted by Gasteiger charge is 2.22. The summed E-state index contributed by atoms with van der Waals surface area (Å²) in [6.07, 6.45) is -1.84. The largest absolute Gasteiger partial charge is 0.466 e. The molecule has 5 nitrogen and oxygen atoms in total. The third-order valence-corrected chi connectivity index (χ3v) is 2.38. The van der Waals surface area contributed by atoms with E-state index >= 15 is 0 Å². The Bertz CT molecular complexity index is 439. The number of nitrogens with zero attached hydrogens (tertiary/aromatic N) is 1. The second kappa shape index (κ2) is 6.25. The Morgan fingerprint density at radius 2 is 2.22 bits per heavy atom. The Hall–Kier alpha value is -1.76. The molecule has 0 radical (unpaired) electrons. The van der Waals surface area contributed by atoms with E-state index in [-0.39, 0.29) is 31.0 Å². The number of esters is 1. The molecule has 1 rings (SSSR count). The maximum Gasteiger partial charge on any atom is 0.311 e. The van der Waals surface area contributed by atoms with Crippen LogP contribution in [0.15, 0.2) is 6.20 Å². The summed E-state index contributed by atoms with van der Waals surface area (Å²) < 4.78 is 30.5. The SMILES string of the molecule is CCOC(=O)Cc1ncc(CN)c(N)c1C(F)F. The fourth-order valence-corrected chi connectivity index (χ4v) is 1.52. The molecule has 100 valence electrons. The number of nitrogens with two attached hydrogens (primary N) is 2. The first-order valence-corrected chi connectivity index (χ1v) is 5.41. The summed E-state index contributed by atoms with van der Waals surface area (Å²) in [5.74, 6) is -0.619. The van der Waals surface area contributed by atoms with Crippen LogP contribution in [0.4, 0.5) is 14.5 Å². The van der Waals surface area contributed by atoms with Crippen molar-refractivity contribution in [1.82, 2.24) is 4.98 Å². The monoisotopic (exact) mass is 259 g/mol. The Morgan fingerprint density at radius 1 is 1.56 bits per heavy atom. The number of hydrogen-bond donors (Lipinski definition) is 2. The number of halogens is 2. The summed E-state index contributed by atoms with van der Waals surface area (Å²) in [6.45, 7) is 1.82. The van der Waals surface area contributed by atoms with E-state index in [2.05, 4.69) is 9.72 Å². The third-order valence-electron chi connectivity index (χ3n) is 2.38. The van der Waals surface area contributed by atoms with Crippen LogP contribution in [0.25, 0.3) is 0 Å². The molecule has 0 unspecified atom stereocenters. The quantitative estimate of drug-likeness (QED) is 0.774. The summed E-state index contributed by atoms with van der Waals surface area (Å²) in [5, 5.41) is 0. The zero-order valence-corrected chi connectivity index (χ0v) is 9.95. The second-order valence-electron chi connectivity index (χ2n) is 3.54. The number of carbonyl (C=O) groups excluding carboxylic acids is 1. The topological polar surface area (TPSA) is 91.2 Å². The first kappa shape index (κ1) is 14.3. The van der Waals surface area contributed by atoms with Crippen LogP contribution in [-0.2, 0) is 22.5 Å². The molecule has 0 saturated heterocycles. The number of rotatable bonds is 5. The lowest BCUT2D eigenvalue weighted by Crippen LogP contribution is -2.14. The van der Waals surface area contributed by atoms with Gasteiger partial charge in [0.15, 0.2) is 0 Å². The molecule has 0 atom stereocenters. The third kappa shape index (κ3) is 3.13. The number of anilines is 1. The molecule has 0 aromatic carbocycles. The van der Waals surface area contributed by atoms with Crippen LogP contribution in [0.1, 0.15) is 30.2 Å². The van der Waals surface area contributed by atoms with Gasteiger partial charge < -0.3 is 16.2 Å². The molecular formula is C11H15F2N3O2. The summed E-state index contributed by atoms with van der Waals surface area (Å²) in [5.41, 5.74) is 10.7. The number of aromatic nitrogens is 1. The maximum absolute atomic E-state index is 12.9. The molecule has 0 saturated carbocycles. The highest BCUT2D eigenvalue weighted by Crippen LogP contribution is 2.30. The Kier molecular flexibility index (Phi) is 4.96. The lowest BCUT2D eigenvalue weighted by atomic mass is 10.1. The van der Waals surface area contributed by atoms with Crippen LogP contribution >= 0.6 is 0 Å². The molecule has 0 amide bonds. The number of pyridine rings is 1. The normalized spacial score (nSPS) is 10.7. The Balaban J connectivity index is 3.11. The van der Waals surface area contributed by atoms with Crippen LogP contribution in [0.3, 0.4) is 0 Å². The molecule has 0 bridgehead atoms. The molecular weight excluding hydrogens is 244 g/mol. The molecule has 1 heterocycles. The van der Waals surface area contributed by atoms with Gasteiger partial charge in [-0.25, -0.2) is 8.78 Å².